The van der Waals surface area contributed by atoms with E-state index in [-0.39, 0.29) is 11.5 Å². The number of hydrogen-bond donors (Lipinski definition) is 1. The molecule has 1 unspecified atom stereocenters. The van der Waals surface area contributed by atoms with Gasteiger partial charge in [-0.15, -0.1) is 6.58 Å². The summed E-state index contributed by atoms with van der Waals surface area (Å²) in [7, 11) is 1.75. The number of nitrogens with one attached hydrogen (secondary N) is 1. The molecule has 3 rings (SSSR count). The number of nitrogens with zero attached hydrogens (tertiary/aromatic N) is 3. The first-order valence-electron chi connectivity index (χ1n) is 15.0. The van der Waals surface area contributed by atoms with Gasteiger partial charge < -0.3 is 15.1 Å². The molecule has 1 saturated heterocycles. The van der Waals surface area contributed by atoms with Gasteiger partial charge in [0.25, 0.3) is 5.92 Å². The number of amides is 1. The van der Waals surface area contributed by atoms with Crippen molar-refractivity contribution in [3.8, 4) is 0 Å². The van der Waals surface area contributed by atoms with Crippen LogP contribution in [-0.2, 0) is 16.9 Å². The van der Waals surface area contributed by atoms with E-state index >= 15 is 0 Å². The summed E-state index contributed by atoms with van der Waals surface area (Å²) in [6.45, 7) is 13.1. The molecule has 5 nitrogen and oxygen atoms in total. The summed E-state index contributed by atoms with van der Waals surface area (Å²) in [5.41, 5.74) is -0.839. The molecule has 1 aromatic rings. The van der Waals surface area contributed by atoms with Crippen LogP contribution in [0.15, 0.2) is 59.5 Å². The summed E-state index contributed by atoms with van der Waals surface area (Å²) in [6.07, 6.45) is 5.45. The van der Waals surface area contributed by atoms with E-state index in [1.54, 1.807) is 32.0 Å². The van der Waals surface area contributed by atoms with Gasteiger partial charge in [0.2, 0.25) is 5.91 Å². The Hall–Kier alpha value is -3.17. The summed E-state index contributed by atoms with van der Waals surface area (Å²) in [5.74, 6) is -3.16. The molecule has 1 amide bonds. The number of carbonyl (C=O) groups excluding carboxylic acids is 1. The Bertz CT molecular complexity index is 1260. The number of alkyl halides is 5. The predicted molar refractivity (Wildman–Crippen MR) is 161 cm³/mol. The van der Waals surface area contributed by atoms with Crippen molar-refractivity contribution >= 4 is 11.7 Å². The first-order valence-corrected chi connectivity index (χ1v) is 15.0. The van der Waals surface area contributed by atoms with Crippen molar-refractivity contribution in [3.05, 3.63) is 71.2 Å². The van der Waals surface area contributed by atoms with Crippen molar-refractivity contribution in [2.45, 2.75) is 104 Å². The zero-order valence-corrected chi connectivity index (χ0v) is 26.1. The van der Waals surface area contributed by atoms with Crippen LogP contribution in [0.1, 0.15) is 102 Å². The number of likely N-dealkylation sites (N-methyl/N-ethyl adjacent to an activating group) is 1. The molecule has 2 fully saturated rings. The number of aliphatic imine (C=N–C) groups is 1. The lowest BCUT2D eigenvalue weighted by atomic mass is 9.91. The maximum Gasteiger partial charge on any atom is 0.416 e. The van der Waals surface area contributed by atoms with Gasteiger partial charge in [0.1, 0.15) is 0 Å². The molecule has 0 aromatic heterocycles. The molecular weight excluding hydrogens is 563 g/mol. The van der Waals surface area contributed by atoms with Crippen LogP contribution < -0.4 is 5.32 Å². The minimum atomic E-state index is -4.80. The molecule has 1 aliphatic heterocycles. The van der Waals surface area contributed by atoms with Crippen molar-refractivity contribution in [2.24, 2.45) is 10.4 Å². The lowest BCUT2D eigenvalue weighted by molar-refractivity contribution is -0.138. The standard InChI is InChI=1S/C33H45F5N4O/c1-8-10-15-28-29(41(7)30(43)31(5,6)21-42(28)27-13-11-12-14-27)20-39-23(4)40-22(3)24-17-25(32(34,35)16-9-2)19-26(18-24)33(36,37)38/h9,15,17-20,22,27H,2,8,10-14,16,21H2,1,3-7H3,(H,39,40)/b28-15?,29-20+. The number of benzene rings is 1. The molecule has 0 bridgehead atoms. The number of hydrogen-bond acceptors (Lipinski definition) is 3. The molecule has 43 heavy (non-hydrogen) atoms. The topological polar surface area (TPSA) is 47.9 Å². The molecule has 238 valence electrons. The third-order valence-electron chi connectivity index (χ3n) is 8.17. The third-order valence-corrected chi connectivity index (χ3v) is 8.17. The third kappa shape index (κ3) is 8.26. The smallest absolute Gasteiger partial charge is 0.366 e. The zero-order valence-electron chi connectivity index (χ0n) is 26.1. The number of allylic oxidation sites excluding steroid dienone is 2. The zero-order chi connectivity index (χ0) is 32.2. The minimum absolute atomic E-state index is 0.0156. The number of unbranched alkanes of at least 4 members (excludes halogenated alkanes) is 1. The fourth-order valence-electron chi connectivity index (χ4n) is 5.82. The average Bonchev–Trinajstić information content (AvgIpc) is 3.45. The van der Waals surface area contributed by atoms with Gasteiger partial charge in [0.05, 0.1) is 34.2 Å². The second-order valence-electron chi connectivity index (χ2n) is 12.3. The van der Waals surface area contributed by atoms with Gasteiger partial charge in [0.15, 0.2) is 0 Å². The summed E-state index contributed by atoms with van der Waals surface area (Å²) in [4.78, 5) is 22.1. The highest BCUT2D eigenvalue weighted by atomic mass is 19.4. The fraction of sp³-hybridized carbons (Fsp3) is 0.576. The molecule has 1 heterocycles. The van der Waals surface area contributed by atoms with Crippen molar-refractivity contribution in [1.29, 1.82) is 0 Å². The van der Waals surface area contributed by atoms with Crippen LogP contribution in [-0.4, -0.2) is 41.2 Å². The van der Waals surface area contributed by atoms with Gasteiger partial charge in [-0.1, -0.05) is 38.3 Å². The van der Waals surface area contributed by atoms with Crippen LogP contribution in [0.4, 0.5) is 22.0 Å². The molecule has 1 atom stereocenters. The molecule has 1 N–H and O–H groups in total. The van der Waals surface area contributed by atoms with Crippen molar-refractivity contribution in [2.75, 3.05) is 13.6 Å². The normalized spacial score (nSPS) is 21.5. The van der Waals surface area contributed by atoms with Crippen LogP contribution in [0.25, 0.3) is 0 Å². The van der Waals surface area contributed by atoms with Gasteiger partial charge in [-0.05, 0) is 70.7 Å². The second kappa shape index (κ2) is 13.6. The van der Waals surface area contributed by atoms with E-state index in [0.29, 0.717) is 30.2 Å². The number of carbonyl (C=O) groups is 1. The van der Waals surface area contributed by atoms with Gasteiger partial charge in [0, 0.05) is 37.8 Å². The summed E-state index contributed by atoms with van der Waals surface area (Å²) in [5, 5.41) is 3.13. The summed E-state index contributed by atoms with van der Waals surface area (Å²) >= 11 is 0. The highest BCUT2D eigenvalue weighted by molar-refractivity contribution is 5.86. The van der Waals surface area contributed by atoms with Crippen molar-refractivity contribution in [1.82, 2.24) is 15.1 Å². The molecular formula is C33H45F5N4O. The predicted octanol–water partition coefficient (Wildman–Crippen LogP) is 8.71. The van der Waals surface area contributed by atoms with Gasteiger partial charge in [-0.2, -0.15) is 13.2 Å². The maximum atomic E-state index is 14.6. The minimum Gasteiger partial charge on any atom is -0.366 e. The largest absolute Gasteiger partial charge is 0.416 e. The first kappa shape index (κ1) is 34.3. The number of rotatable bonds is 9. The lowest BCUT2D eigenvalue weighted by Gasteiger charge is -2.35. The Morgan fingerprint density at radius 1 is 1.14 bits per heavy atom. The van der Waals surface area contributed by atoms with Crippen LogP contribution >= 0.6 is 0 Å². The van der Waals surface area contributed by atoms with Crippen LogP contribution in [0, 0.1) is 5.41 Å². The van der Waals surface area contributed by atoms with E-state index in [9.17, 15) is 26.7 Å². The molecule has 0 spiro atoms. The van der Waals surface area contributed by atoms with E-state index < -0.39 is 41.1 Å². The Balaban J connectivity index is 2.00. The SMILES string of the molecule is C=CCC(F)(F)c1cc(C(C)N=C(C)N/C=C2\C(=CCCC)N(C3CCCC3)CC(C)(C)C(=O)N2C)cc(C(F)(F)F)c1. The van der Waals surface area contributed by atoms with E-state index in [4.69, 9.17) is 0 Å². The van der Waals surface area contributed by atoms with Crippen molar-refractivity contribution in [3.63, 3.8) is 0 Å². The summed E-state index contributed by atoms with van der Waals surface area (Å²) in [6, 6.07) is 1.89. The quantitative estimate of drug-likeness (QED) is 0.132. The van der Waals surface area contributed by atoms with Gasteiger partial charge >= 0.3 is 6.18 Å². The second-order valence-corrected chi connectivity index (χ2v) is 12.3. The van der Waals surface area contributed by atoms with Crippen LogP contribution in [0.5, 0.6) is 0 Å². The number of amidine groups is 1. The average molecular weight is 609 g/mol. The van der Waals surface area contributed by atoms with E-state index in [1.807, 2.05) is 13.8 Å². The monoisotopic (exact) mass is 608 g/mol. The van der Waals surface area contributed by atoms with Gasteiger partial charge in [-0.3, -0.25) is 9.79 Å². The fourth-order valence-corrected chi connectivity index (χ4v) is 5.82. The summed E-state index contributed by atoms with van der Waals surface area (Å²) < 4.78 is 70.2. The molecule has 1 saturated carbocycles. The van der Waals surface area contributed by atoms with E-state index in [0.717, 1.165) is 62.4 Å². The highest BCUT2D eigenvalue weighted by Crippen LogP contribution is 2.40. The molecule has 10 heteroatoms. The Kier molecular flexibility index (Phi) is 10.9. The molecule has 2 aliphatic rings. The maximum absolute atomic E-state index is 14.6. The van der Waals surface area contributed by atoms with Crippen molar-refractivity contribution < 1.29 is 26.7 Å². The Morgan fingerprint density at radius 3 is 2.35 bits per heavy atom. The van der Waals surface area contributed by atoms with Gasteiger partial charge in [-0.25, -0.2) is 8.78 Å². The van der Waals surface area contributed by atoms with E-state index in [2.05, 4.69) is 34.8 Å². The molecule has 1 aliphatic carbocycles. The highest BCUT2D eigenvalue weighted by Gasteiger charge is 2.42. The molecule has 0 radical (unpaired) electrons. The Labute approximate surface area is 252 Å². The lowest BCUT2D eigenvalue weighted by Crippen LogP contribution is -2.42. The Morgan fingerprint density at radius 2 is 1.77 bits per heavy atom. The number of halogens is 5. The molecule has 1 aromatic carbocycles. The van der Waals surface area contributed by atoms with Crippen LogP contribution in [0.2, 0.25) is 0 Å². The first-order chi connectivity index (χ1) is 20.0. The van der Waals surface area contributed by atoms with E-state index in [1.165, 1.54) is 0 Å². The van der Waals surface area contributed by atoms with Crippen LogP contribution in [0.3, 0.4) is 0 Å².